The Labute approximate surface area is 77.5 Å². The Balaban J connectivity index is 3.08. The van der Waals surface area contributed by atoms with Gasteiger partial charge in [-0.2, -0.15) is 0 Å². The fourth-order valence-corrected chi connectivity index (χ4v) is 1.09. The Kier molecular flexibility index (Phi) is 7.58. The maximum atomic E-state index is 5.41. The van der Waals surface area contributed by atoms with Crippen LogP contribution in [0.3, 0.4) is 0 Å². The van der Waals surface area contributed by atoms with Gasteiger partial charge in [-0.3, -0.25) is 0 Å². The zero-order chi connectivity index (χ0) is 9.40. The Morgan fingerprint density at radius 2 is 1.75 bits per heavy atom. The van der Waals surface area contributed by atoms with Crippen LogP contribution in [0.1, 0.15) is 47.0 Å². The van der Waals surface area contributed by atoms with Crippen LogP contribution in [0.15, 0.2) is 0 Å². The molecule has 0 aromatic heterocycles. The molecule has 0 saturated heterocycles. The summed E-state index contributed by atoms with van der Waals surface area (Å²) in [7, 11) is 0. The zero-order valence-electron chi connectivity index (χ0n) is 9.10. The molecule has 0 saturated carbocycles. The molecule has 0 rings (SSSR count). The molecule has 0 heterocycles. The second-order valence-electron chi connectivity index (χ2n) is 3.98. The highest BCUT2D eigenvalue weighted by Crippen LogP contribution is 2.15. The summed E-state index contributed by atoms with van der Waals surface area (Å²) in [6.07, 6.45) is 3.67. The first-order chi connectivity index (χ1) is 5.68. The summed E-state index contributed by atoms with van der Waals surface area (Å²) in [4.78, 5) is 0. The van der Waals surface area contributed by atoms with Crippen molar-refractivity contribution in [3.05, 3.63) is 0 Å². The summed E-state index contributed by atoms with van der Waals surface area (Å²) in [6.45, 7) is 10.9. The maximum absolute atomic E-state index is 5.41. The standard InChI is InChI=1S/C11H24O/c1-5-8-12-9-6-7-11(4)10(2)3/h10-11H,5-9H2,1-4H3. The highest BCUT2D eigenvalue weighted by atomic mass is 16.5. The van der Waals surface area contributed by atoms with Gasteiger partial charge in [-0.05, 0) is 31.1 Å². The molecule has 0 aliphatic heterocycles. The van der Waals surface area contributed by atoms with Crippen molar-refractivity contribution in [2.45, 2.75) is 47.0 Å². The molecule has 1 heteroatoms. The smallest absolute Gasteiger partial charge is 0.0466 e. The van der Waals surface area contributed by atoms with Crippen LogP contribution in [-0.2, 0) is 4.74 Å². The van der Waals surface area contributed by atoms with E-state index in [4.69, 9.17) is 4.74 Å². The molecular weight excluding hydrogens is 148 g/mol. The van der Waals surface area contributed by atoms with Gasteiger partial charge < -0.3 is 4.74 Å². The van der Waals surface area contributed by atoms with Crippen LogP contribution < -0.4 is 0 Å². The molecule has 1 nitrogen and oxygen atoms in total. The van der Waals surface area contributed by atoms with E-state index < -0.39 is 0 Å². The Bertz CT molecular complexity index is 89.0. The van der Waals surface area contributed by atoms with Gasteiger partial charge >= 0.3 is 0 Å². The van der Waals surface area contributed by atoms with Gasteiger partial charge in [0.05, 0.1) is 0 Å². The molecule has 12 heavy (non-hydrogen) atoms. The minimum atomic E-state index is 0.816. The fourth-order valence-electron chi connectivity index (χ4n) is 1.09. The number of hydrogen-bond acceptors (Lipinski definition) is 1. The zero-order valence-corrected chi connectivity index (χ0v) is 9.10. The maximum Gasteiger partial charge on any atom is 0.0466 e. The quantitative estimate of drug-likeness (QED) is 0.534. The van der Waals surface area contributed by atoms with Gasteiger partial charge in [0.1, 0.15) is 0 Å². The summed E-state index contributed by atoms with van der Waals surface area (Å²) in [6, 6.07) is 0. The van der Waals surface area contributed by atoms with Crippen LogP contribution in [0.4, 0.5) is 0 Å². The van der Waals surface area contributed by atoms with Gasteiger partial charge in [0.15, 0.2) is 0 Å². The van der Waals surface area contributed by atoms with E-state index in [1.54, 1.807) is 0 Å². The highest BCUT2D eigenvalue weighted by molar-refractivity contribution is 4.56. The molecule has 74 valence electrons. The summed E-state index contributed by atoms with van der Waals surface area (Å²) in [5, 5.41) is 0. The van der Waals surface area contributed by atoms with Gasteiger partial charge in [0.2, 0.25) is 0 Å². The van der Waals surface area contributed by atoms with Crippen LogP contribution >= 0.6 is 0 Å². The van der Waals surface area contributed by atoms with E-state index in [1.807, 2.05) is 0 Å². The second-order valence-corrected chi connectivity index (χ2v) is 3.98. The van der Waals surface area contributed by atoms with Crippen LogP contribution in [0.5, 0.6) is 0 Å². The average molecular weight is 172 g/mol. The van der Waals surface area contributed by atoms with Crippen LogP contribution in [-0.4, -0.2) is 13.2 Å². The third-order valence-corrected chi connectivity index (χ3v) is 2.43. The van der Waals surface area contributed by atoms with E-state index in [0.29, 0.717) is 0 Å². The summed E-state index contributed by atoms with van der Waals surface area (Å²) in [5.74, 6) is 1.66. The topological polar surface area (TPSA) is 9.23 Å². The van der Waals surface area contributed by atoms with E-state index in [9.17, 15) is 0 Å². The third-order valence-electron chi connectivity index (χ3n) is 2.43. The molecule has 0 radical (unpaired) electrons. The van der Waals surface area contributed by atoms with Crippen LogP contribution in [0, 0.1) is 11.8 Å². The monoisotopic (exact) mass is 172 g/mol. The van der Waals surface area contributed by atoms with Crippen molar-refractivity contribution in [1.82, 2.24) is 0 Å². The van der Waals surface area contributed by atoms with E-state index in [0.717, 1.165) is 31.5 Å². The SMILES string of the molecule is CCCOCCCC(C)C(C)C. The molecule has 0 N–H and O–H groups in total. The van der Waals surface area contributed by atoms with Gasteiger partial charge in [-0.15, -0.1) is 0 Å². The molecular formula is C11H24O. The van der Waals surface area contributed by atoms with Crippen LogP contribution in [0.2, 0.25) is 0 Å². The van der Waals surface area contributed by atoms with E-state index in [2.05, 4.69) is 27.7 Å². The largest absolute Gasteiger partial charge is 0.381 e. The summed E-state index contributed by atoms with van der Waals surface area (Å²) >= 11 is 0. The first-order valence-corrected chi connectivity index (χ1v) is 5.26. The molecule has 0 spiro atoms. The van der Waals surface area contributed by atoms with Gasteiger partial charge in [-0.25, -0.2) is 0 Å². The predicted octanol–water partition coefficient (Wildman–Crippen LogP) is 3.49. The van der Waals surface area contributed by atoms with Crippen molar-refractivity contribution in [2.75, 3.05) is 13.2 Å². The molecule has 0 aromatic rings. The van der Waals surface area contributed by atoms with Gasteiger partial charge in [0.25, 0.3) is 0 Å². The van der Waals surface area contributed by atoms with Crippen molar-refractivity contribution in [2.24, 2.45) is 11.8 Å². The summed E-state index contributed by atoms with van der Waals surface area (Å²) in [5.41, 5.74) is 0. The number of ether oxygens (including phenoxy) is 1. The van der Waals surface area contributed by atoms with Gasteiger partial charge in [-0.1, -0.05) is 27.7 Å². The Morgan fingerprint density at radius 3 is 2.25 bits per heavy atom. The predicted molar refractivity (Wildman–Crippen MR) is 54.3 cm³/mol. The normalized spacial score (nSPS) is 13.8. The van der Waals surface area contributed by atoms with Crippen molar-refractivity contribution in [3.63, 3.8) is 0 Å². The minimum Gasteiger partial charge on any atom is -0.381 e. The molecule has 1 atom stereocenters. The van der Waals surface area contributed by atoms with E-state index in [1.165, 1.54) is 12.8 Å². The second kappa shape index (κ2) is 7.60. The first kappa shape index (κ1) is 12.0. The summed E-state index contributed by atoms with van der Waals surface area (Å²) < 4.78 is 5.41. The van der Waals surface area contributed by atoms with E-state index >= 15 is 0 Å². The third kappa shape index (κ3) is 6.66. The lowest BCUT2D eigenvalue weighted by molar-refractivity contribution is 0.126. The molecule has 0 aliphatic rings. The minimum absolute atomic E-state index is 0.816. The number of hydrogen-bond donors (Lipinski definition) is 0. The molecule has 0 aliphatic carbocycles. The molecule has 1 unspecified atom stereocenters. The van der Waals surface area contributed by atoms with Crippen molar-refractivity contribution >= 4 is 0 Å². The molecule has 0 amide bonds. The highest BCUT2D eigenvalue weighted by Gasteiger charge is 2.05. The molecule has 0 bridgehead atoms. The average Bonchev–Trinajstić information content (AvgIpc) is 2.03. The van der Waals surface area contributed by atoms with Crippen molar-refractivity contribution < 1.29 is 4.74 Å². The van der Waals surface area contributed by atoms with Gasteiger partial charge in [0, 0.05) is 13.2 Å². The lowest BCUT2D eigenvalue weighted by Gasteiger charge is -2.14. The lowest BCUT2D eigenvalue weighted by atomic mass is 9.93. The fraction of sp³-hybridized carbons (Fsp3) is 1.00. The first-order valence-electron chi connectivity index (χ1n) is 5.26. The molecule has 0 fully saturated rings. The lowest BCUT2D eigenvalue weighted by Crippen LogP contribution is -2.05. The number of rotatable bonds is 7. The molecule has 0 aromatic carbocycles. The van der Waals surface area contributed by atoms with E-state index in [-0.39, 0.29) is 0 Å². The van der Waals surface area contributed by atoms with Crippen molar-refractivity contribution in [1.29, 1.82) is 0 Å². The Hall–Kier alpha value is -0.0400. The van der Waals surface area contributed by atoms with Crippen LogP contribution in [0.25, 0.3) is 0 Å². The van der Waals surface area contributed by atoms with Crippen molar-refractivity contribution in [3.8, 4) is 0 Å². The Morgan fingerprint density at radius 1 is 1.08 bits per heavy atom.